The van der Waals surface area contributed by atoms with Crippen molar-refractivity contribution in [2.75, 3.05) is 11.1 Å². The lowest BCUT2D eigenvalue weighted by Crippen LogP contribution is -2.10. The third kappa shape index (κ3) is 4.53. The van der Waals surface area contributed by atoms with Crippen LogP contribution in [0, 0.1) is 0 Å². The summed E-state index contributed by atoms with van der Waals surface area (Å²) >= 11 is 0. The van der Waals surface area contributed by atoms with Gasteiger partial charge in [-0.15, -0.1) is 0 Å². The quantitative estimate of drug-likeness (QED) is 0.445. The predicted octanol–water partition coefficient (Wildman–Crippen LogP) is 4.36. The van der Waals surface area contributed by atoms with Crippen LogP contribution in [0.5, 0.6) is 11.5 Å². The van der Waals surface area contributed by atoms with E-state index in [1.165, 1.54) is 0 Å². The van der Waals surface area contributed by atoms with Gasteiger partial charge in [0.25, 0.3) is 0 Å². The number of nitrogens with zero attached hydrogens (tertiary/aromatic N) is 2. The van der Waals surface area contributed by atoms with Crippen LogP contribution in [0.4, 0.5) is 17.5 Å². The van der Waals surface area contributed by atoms with E-state index in [1.54, 1.807) is 30.3 Å². The summed E-state index contributed by atoms with van der Waals surface area (Å²) in [5.74, 6) is 1.70. The average Bonchev–Trinajstić information content (AvgIpc) is 2.75. The predicted molar refractivity (Wildman–Crippen MR) is 117 cm³/mol. The molecule has 0 atom stereocenters. The third-order valence-corrected chi connectivity index (χ3v) is 4.31. The van der Waals surface area contributed by atoms with Gasteiger partial charge in [-0.25, -0.2) is 4.98 Å². The molecular weight excluding hydrogens is 378 g/mol. The van der Waals surface area contributed by atoms with Crippen molar-refractivity contribution in [3.05, 3.63) is 90.5 Å². The number of ether oxygens (including phenoxy) is 1. The molecule has 4 rings (SSSR count). The molecule has 1 amide bonds. The summed E-state index contributed by atoms with van der Waals surface area (Å²) in [6, 6.07) is 25.7. The molecule has 7 nitrogen and oxygen atoms in total. The zero-order chi connectivity index (χ0) is 20.9. The average molecular weight is 397 g/mol. The number of amides is 1. The van der Waals surface area contributed by atoms with Crippen molar-refractivity contribution in [3.63, 3.8) is 0 Å². The van der Waals surface area contributed by atoms with Crippen LogP contribution in [0.2, 0.25) is 0 Å². The summed E-state index contributed by atoms with van der Waals surface area (Å²) in [4.78, 5) is 19.8. The molecule has 0 radical (unpaired) electrons. The Morgan fingerprint density at radius 1 is 0.833 bits per heavy atom. The Bertz CT molecular complexity index is 1160. The van der Waals surface area contributed by atoms with Crippen LogP contribution in [0.1, 0.15) is 10.4 Å². The smallest absolute Gasteiger partial charge is 0.248 e. The minimum Gasteiger partial charge on any atom is -0.457 e. The molecule has 30 heavy (non-hydrogen) atoms. The Labute approximate surface area is 173 Å². The number of rotatable bonds is 6. The second kappa shape index (κ2) is 8.32. The molecule has 0 fully saturated rings. The maximum atomic E-state index is 11.2. The van der Waals surface area contributed by atoms with Gasteiger partial charge in [0.2, 0.25) is 11.9 Å². The van der Waals surface area contributed by atoms with Crippen molar-refractivity contribution >= 4 is 23.4 Å². The number of nitrogens with two attached hydrogens (primary N) is 2. The number of anilines is 3. The van der Waals surface area contributed by atoms with Crippen LogP contribution in [0.25, 0.3) is 11.3 Å². The van der Waals surface area contributed by atoms with Gasteiger partial charge in [-0.2, -0.15) is 4.98 Å². The minimum absolute atomic E-state index is 0.137. The van der Waals surface area contributed by atoms with Crippen LogP contribution >= 0.6 is 0 Å². The van der Waals surface area contributed by atoms with Crippen LogP contribution in [-0.4, -0.2) is 15.9 Å². The van der Waals surface area contributed by atoms with Gasteiger partial charge in [0, 0.05) is 22.9 Å². The summed E-state index contributed by atoms with van der Waals surface area (Å²) in [7, 11) is 0. The highest BCUT2D eigenvalue weighted by Gasteiger charge is 2.07. The third-order valence-electron chi connectivity index (χ3n) is 4.31. The highest BCUT2D eigenvalue weighted by molar-refractivity contribution is 5.93. The molecule has 1 heterocycles. The molecule has 0 unspecified atom stereocenters. The first-order chi connectivity index (χ1) is 14.6. The second-order valence-corrected chi connectivity index (χ2v) is 6.50. The number of nitrogens with one attached hydrogen (secondary N) is 1. The van der Waals surface area contributed by atoms with Crippen molar-refractivity contribution in [1.29, 1.82) is 0 Å². The summed E-state index contributed by atoms with van der Waals surface area (Å²) in [5, 5.41) is 3.21. The number of carbonyl (C=O) groups excluding carboxylic acids is 1. The normalized spacial score (nSPS) is 10.4. The first kappa shape index (κ1) is 18.9. The standard InChI is InChI=1S/C23H19N5O2/c24-22(29)16-8-6-15(7-9-16)20-14-21(28-23(25)27-20)26-17-10-12-19(13-11-17)30-18-4-2-1-3-5-18/h1-14H,(H2,24,29)(H3,25,26,27,28). The highest BCUT2D eigenvalue weighted by Crippen LogP contribution is 2.26. The molecule has 0 bridgehead atoms. The van der Waals surface area contributed by atoms with E-state index in [9.17, 15) is 4.79 Å². The Balaban J connectivity index is 1.51. The lowest BCUT2D eigenvalue weighted by molar-refractivity contribution is 0.100. The summed E-state index contributed by atoms with van der Waals surface area (Å²) in [5.41, 5.74) is 13.8. The number of aromatic nitrogens is 2. The Kier molecular flexibility index (Phi) is 5.25. The summed E-state index contributed by atoms with van der Waals surface area (Å²) in [6.07, 6.45) is 0. The molecule has 0 spiro atoms. The maximum absolute atomic E-state index is 11.2. The van der Waals surface area contributed by atoms with E-state index in [0.29, 0.717) is 17.1 Å². The topological polar surface area (TPSA) is 116 Å². The Morgan fingerprint density at radius 3 is 2.17 bits per heavy atom. The molecule has 1 aromatic heterocycles. The van der Waals surface area contributed by atoms with Crippen molar-refractivity contribution in [1.82, 2.24) is 9.97 Å². The molecule has 0 aliphatic heterocycles. The van der Waals surface area contributed by atoms with E-state index in [4.69, 9.17) is 16.2 Å². The van der Waals surface area contributed by atoms with Crippen molar-refractivity contribution in [2.45, 2.75) is 0 Å². The maximum Gasteiger partial charge on any atom is 0.248 e. The number of carbonyl (C=O) groups is 1. The van der Waals surface area contributed by atoms with E-state index in [0.717, 1.165) is 22.7 Å². The molecule has 0 aliphatic carbocycles. The zero-order valence-corrected chi connectivity index (χ0v) is 15.9. The molecule has 148 valence electrons. The number of benzene rings is 3. The minimum atomic E-state index is -0.481. The van der Waals surface area contributed by atoms with E-state index in [1.807, 2.05) is 54.6 Å². The van der Waals surface area contributed by atoms with Gasteiger partial charge in [0.1, 0.15) is 17.3 Å². The van der Waals surface area contributed by atoms with Gasteiger partial charge in [-0.1, -0.05) is 30.3 Å². The fourth-order valence-corrected chi connectivity index (χ4v) is 2.86. The van der Waals surface area contributed by atoms with Gasteiger partial charge in [0.15, 0.2) is 0 Å². The number of hydrogen-bond donors (Lipinski definition) is 3. The lowest BCUT2D eigenvalue weighted by Gasteiger charge is -2.10. The van der Waals surface area contributed by atoms with Crippen molar-refractivity contribution in [3.8, 4) is 22.8 Å². The SMILES string of the molecule is NC(=O)c1ccc(-c2cc(Nc3ccc(Oc4ccccc4)cc3)nc(N)n2)cc1. The molecule has 4 aromatic rings. The molecule has 5 N–H and O–H groups in total. The van der Waals surface area contributed by atoms with Crippen LogP contribution in [-0.2, 0) is 0 Å². The fraction of sp³-hybridized carbons (Fsp3) is 0. The molecule has 7 heteroatoms. The van der Waals surface area contributed by atoms with Gasteiger partial charge >= 0.3 is 0 Å². The van der Waals surface area contributed by atoms with Gasteiger partial charge in [0.05, 0.1) is 5.69 Å². The zero-order valence-electron chi connectivity index (χ0n) is 15.9. The lowest BCUT2D eigenvalue weighted by atomic mass is 10.1. The molecule has 0 aliphatic rings. The first-order valence-corrected chi connectivity index (χ1v) is 9.21. The second-order valence-electron chi connectivity index (χ2n) is 6.50. The first-order valence-electron chi connectivity index (χ1n) is 9.21. The van der Waals surface area contributed by atoms with Gasteiger partial charge in [-0.3, -0.25) is 4.79 Å². The van der Waals surface area contributed by atoms with E-state index in [2.05, 4.69) is 15.3 Å². The van der Waals surface area contributed by atoms with Gasteiger partial charge < -0.3 is 21.5 Å². The molecule has 3 aromatic carbocycles. The van der Waals surface area contributed by atoms with Crippen molar-refractivity contribution < 1.29 is 9.53 Å². The Hall–Kier alpha value is -4.39. The molecule has 0 saturated heterocycles. The van der Waals surface area contributed by atoms with Crippen LogP contribution in [0.3, 0.4) is 0 Å². The number of nitrogen functional groups attached to an aromatic ring is 1. The van der Waals surface area contributed by atoms with E-state index >= 15 is 0 Å². The highest BCUT2D eigenvalue weighted by atomic mass is 16.5. The molecule has 0 saturated carbocycles. The van der Waals surface area contributed by atoms with E-state index in [-0.39, 0.29) is 5.95 Å². The number of primary amides is 1. The largest absolute Gasteiger partial charge is 0.457 e. The fourth-order valence-electron chi connectivity index (χ4n) is 2.86. The summed E-state index contributed by atoms with van der Waals surface area (Å²) in [6.45, 7) is 0. The molecular formula is C23H19N5O2. The summed E-state index contributed by atoms with van der Waals surface area (Å²) < 4.78 is 5.80. The van der Waals surface area contributed by atoms with Gasteiger partial charge in [-0.05, 0) is 48.5 Å². The van der Waals surface area contributed by atoms with Crippen molar-refractivity contribution in [2.24, 2.45) is 5.73 Å². The monoisotopic (exact) mass is 397 g/mol. The number of hydrogen-bond acceptors (Lipinski definition) is 6. The van der Waals surface area contributed by atoms with E-state index < -0.39 is 5.91 Å². The number of para-hydroxylation sites is 1. The van der Waals surface area contributed by atoms with Crippen LogP contribution < -0.4 is 21.5 Å². The van der Waals surface area contributed by atoms with Crippen LogP contribution in [0.15, 0.2) is 84.9 Å². The Morgan fingerprint density at radius 2 is 1.50 bits per heavy atom.